The van der Waals surface area contributed by atoms with Crippen LogP contribution in [-0.4, -0.2) is 16.1 Å². The Kier molecular flexibility index (Phi) is 4.67. The lowest BCUT2D eigenvalue weighted by Gasteiger charge is -2.32. The number of hydrogen-bond acceptors (Lipinski definition) is 2. The Balaban J connectivity index is 1.77. The van der Waals surface area contributed by atoms with Crippen molar-refractivity contribution in [1.82, 2.24) is 4.98 Å². The summed E-state index contributed by atoms with van der Waals surface area (Å²) in [6.45, 7) is 8.80. The van der Waals surface area contributed by atoms with Crippen molar-refractivity contribution >= 4 is 17.1 Å². The lowest BCUT2D eigenvalue weighted by molar-refractivity contribution is 0.0697. The zero-order chi connectivity index (χ0) is 20.6. The average Bonchev–Trinajstić information content (AvgIpc) is 2.73. The fraction of sp³-hybridized carbons (Fsp3) is 0.154. The Bertz CT molecular complexity index is 1120. The summed E-state index contributed by atoms with van der Waals surface area (Å²) in [5.41, 5.74) is 7.97. The smallest absolute Gasteiger partial charge is 0.335 e. The lowest BCUT2D eigenvalue weighted by Crippen LogP contribution is -2.22. The molecule has 0 aliphatic heterocycles. The molecule has 1 aromatic heterocycles. The molecule has 1 N–H and O–H groups in total. The van der Waals surface area contributed by atoms with Gasteiger partial charge in [-0.1, -0.05) is 56.8 Å². The number of carbonyl (C=O) groups is 1. The second kappa shape index (κ2) is 7.17. The van der Waals surface area contributed by atoms with Gasteiger partial charge in [0.2, 0.25) is 0 Å². The van der Waals surface area contributed by atoms with E-state index >= 15 is 0 Å². The minimum atomic E-state index is -0.926. The highest BCUT2D eigenvalue weighted by molar-refractivity contribution is 5.90. The first-order chi connectivity index (χ1) is 13.9. The third-order valence-electron chi connectivity index (χ3n) is 5.66. The molecule has 0 bridgehead atoms. The number of aromatic carboxylic acids is 1. The van der Waals surface area contributed by atoms with E-state index in [4.69, 9.17) is 5.11 Å². The van der Waals surface area contributed by atoms with E-state index in [1.165, 1.54) is 16.7 Å². The fourth-order valence-corrected chi connectivity index (χ4v) is 3.90. The number of pyridine rings is 1. The number of rotatable bonds is 4. The summed E-state index contributed by atoms with van der Waals surface area (Å²) >= 11 is 0. The molecule has 0 spiro atoms. The highest BCUT2D eigenvalue weighted by atomic mass is 16.4. The minimum Gasteiger partial charge on any atom is -0.478 e. The molecule has 0 fully saturated rings. The zero-order valence-corrected chi connectivity index (χ0v) is 16.6. The summed E-state index contributed by atoms with van der Waals surface area (Å²) in [7, 11) is 0. The third kappa shape index (κ3) is 3.52. The Labute approximate surface area is 171 Å². The summed E-state index contributed by atoms with van der Waals surface area (Å²) in [6.07, 6.45) is 6.96. The van der Waals surface area contributed by atoms with Gasteiger partial charge in [0.25, 0.3) is 0 Å². The molecule has 1 aliphatic carbocycles. The Hall–Kier alpha value is -3.46. The number of fused-ring (bicyclic) bond motifs is 1. The number of nitrogens with zero attached hydrogens (tertiary/aromatic N) is 1. The number of allylic oxidation sites excluding steroid dienone is 1. The first-order valence-electron chi connectivity index (χ1n) is 9.65. The molecule has 0 saturated heterocycles. The summed E-state index contributed by atoms with van der Waals surface area (Å²) in [6, 6.07) is 17.4. The summed E-state index contributed by atoms with van der Waals surface area (Å²) < 4.78 is 0. The van der Waals surface area contributed by atoms with Crippen molar-refractivity contribution in [2.75, 3.05) is 0 Å². The van der Waals surface area contributed by atoms with E-state index in [9.17, 15) is 4.79 Å². The molecule has 1 aliphatic rings. The topological polar surface area (TPSA) is 50.2 Å². The SMILES string of the molecule is C=C(c1ccc(C(=O)O)cc1)c1ccc2c(c1)C(c1cccnc1)=CCC2(C)C. The van der Waals surface area contributed by atoms with Crippen molar-refractivity contribution < 1.29 is 9.90 Å². The van der Waals surface area contributed by atoms with Gasteiger partial charge in [-0.3, -0.25) is 4.98 Å². The number of carboxylic acids is 1. The van der Waals surface area contributed by atoms with Crippen LogP contribution < -0.4 is 0 Å². The molecule has 1 heterocycles. The van der Waals surface area contributed by atoms with Gasteiger partial charge in [0.1, 0.15) is 0 Å². The predicted molar refractivity (Wildman–Crippen MR) is 117 cm³/mol. The van der Waals surface area contributed by atoms with Gasteiger partial charge in [-0.15, -0.1) is 0 Å². The second-order valence-electron chi connectivity index (χ2n) is 8.07. The highest BCUT2D eigenvalue weighted by Gasteiger charge is 2.29. The Morgan fingerprint density at radius 2 is 1.72 bits per heavy atom. The van der Waals surface area contributed by atoms with Crippen LogP contribution in [0, 0.1) is 0 Å². The van der Waals surface area contributed by atoms with Crippen molar-refractivity contribution in [3.05, 3.63) is 113 Å². The van der Waals surface area contributed by atoms with E-state index in [-0.39, 0.29) is 11.0 Å². The molecule has 29 heavy (non-hydrogen) atoms. The van der Waals surface area contributed by atoms with Crippen molar-refractivity contribution in [2.45, 2.75) is 25.7 Å². The van der Waals surface area contributed by atoms with Gasteiger partial charge in [0.15, 0.2) is 0 Å². The third-order valence-corrected chi connectivity index (χ3v) is 5.66. The number of carboxylic acid groups (broad SMARTS) is 1. The molecule has 4 rings (SSSR count). The van der Waals surface area contributed by atoms with Gasteiger partial charge in [0.05, 0.1) is 5.56 Å². The molecule has 144 valence electrons. The molecule has 0 radical (unpaired) electrons. The standard InChI is InChI=1S/C26H23NO2/c1-17(18-6-8-19(9-7-18)25(28)29)20-10-11-24-23(15-20)22(12-13-26(24,2)3)21-5-4-14-27-16-21/h4-12,14-16H,1,13H2,2-3H3,(H,28,29). The second-order valence-corrected chi connectivity index (χ2v) is 8.07. The summed E-state index contributed by atoms with van der Waals surface area (Å²) in [5.74, 6) is -0.926. The summed E-state index contributed by atoms with van der Waals surface area (Å²) in [4.78, 5) is 15.4. The van der Waals surface area contributed by atoms with Crippen molar-refractivity contribution in [2.24, 2.45) is 0 Å². The molecule has 3 heteroatoms. The highest BCUT2D eigenvalue weighted by Crippen LogP contribution is 2.42. The van der Waals surface area contributed by atoms with Gasteiger partial charge in [-0.2, -0.15) is 0 Å². The maximum Gasteiger partial charge on any atom is 0.335 e. The van der Waals surface area contributed by atoms with E-state index in [0.717, 1.165) is 28.7 Å². The normalized spacial score (nSPS) is 14.6. The van der Waals surface area contributed by atoms with Gasteiger partial charge in [-0.05, 0) is 69.5 Å². The van der Waals surface area contributed by atoms with Crippen molar-refractivity contribution in [3.63, 3.8) is 0 Å². The van der Waals surface area contributed by atoms with Gasteiger partial charge in [0, 0.05) is 18.0 Å². The minimum absolute atomic E-state index is 0.0596. The van der Waals surface area contributed by atoms with E-state index in [1.807, 2.05) is 24.4 Å². The Morgan fingerprint density at radius 3 is 2.38 bits per heavy atom. The Morgan fingerprint density at radius 1 is 1.03 bits per heavy atom. The van der Waals surface area contributed by atoms with Crippen molar-refractivity contribution in [3.8, 4) is 0 Å². The van der Waals surface area contributed by atoms with Crippen LogP contribution in [0.15, 0.2) is 79.6 Å². The number of aromatic nitrogens is 1. The van der Waals surface area contributed by atoms with Crippen LogP contribution in [0.1, 0.15) is 58.4 Å². The fourth-order valence-electron chi connectivity index (χ4n) is 3.90. The first-order valence-corrected chi connectivity index (χ1v) is 9.65. The molecule has 0 unspecified atom stereocenters. The molecule has 2 aromatic carbocycles. The van der Waals surface area contributed by atoms with E-state index < -0.39 is 5.97 Å². The van der Waals surface area contributed by atoms with Crippen LogP contribution in [0.5, 0.6) is 0 Å². The number of benzene rings is 2. The van der Waals surface area contributed by atoms with Crippen LogP contribution in [0.2, 0.25) is 0 Å². The van der Waals surface area contributed by atoms with Crippen molar-refractivity contribution in [1.29, 1.82) is 0 Å². The van der Waals surface area contributed by atoms with E-state index in [0.29, 0.717) is 0 Å². The monoisotopic (exact) mass is 381 g/mol. The largest absolute Gasteiger partial charge is 0.478 e. The zero-order valence-electron chi connectivity index (χ0n) is 16.6. The van der Waals surface area contributed by atoms with Crippen LogP contribution in [0.4, 0.5) is 0 Å². The predicted octanol–water partition coefficient (Wildman–Crippen LogP) is 5.95. The molecule has 3 nitrogen and oxygen atoms in total. The van der Waals surface area contributed by atoms with E-state index in [1.54, 1.807) is 18.3 Å². The first kappa shape index (κ1) is 18.9. The molecule has 0 amide bonds. The number of hydrogen-bond donors (Lipinski definition) is 1. The lowest BCUT2D eigenvalue weighted by atomic mass is 9.71. The summed E-state index contributed by atoms with van der Waals surface area (Å²) in [5, 5.41) is 9.12. The quantitative estimate of drug-likeness (QED) is 0.607. The van der Waals surface area contributed by atoms with Crippen LogP contribution in [0.3, 0.4) is 0 Å². The maximum absolute atomic E-state index is 11.1. The molecule has 0 atom stereocenters. The van der Waals surface area contributed by atoms with Gasteiger partial charge >= 0.3 is 5.97 Å². The molecular formula is C26H23NO2. The average molecular weight is 381 g/mol. The van der Waals surface area contributed by atoms with Crippen LogP contribution in [-0.2, 0) is 5.41 Å². The molecule has 0 saturated carbocycles. The van der Waals surface area contributed by atoms with Crippen LogP contribution >= 0.6 is 0 Å². The van der Waals surface area contributed by atoms with Gasteiger partial charge in [-0.25, -0.2) is 4.79 Å². The van der Waals surface area contributed by atoms with Gasteiger partial charge < -0.3 is 5.11 Å². The van der Waals surface area contributed by atoms with E-state index in [2.05, 4.69) is 55.8 Å². The van der Waals surface area contributed by atoms with Crippen LogP contribution in [0.25, 0.3) is 11.1 Å². The molecular weight excluding hydrogens is 358 g/mol. The maximum atomic E-state index is 11.1. The molecule has 3 aromatic rings.